The summed E-state index contributed by atoms with van der Waals surface area (Å²) in [6, 6.07) is 1.79. The molecule has 0 saturated carbocycles. The normalized spacial score (nSPS) is 18.7. The number of ketones is 1. The molecule has 3 aromatic rings. The molecule has 3 aromatic heterocycles. The summed E-state index contributed by atoms with van der Waals surface area (Å²) in [5.74, 6) is -0.397. The molecule has 2 aliphatic rings. The van der Waals surface area contributed by atoms with Gasteiger partial charge in [0.05, 0.1) is 17.4 Å². The van der Waals surface area contributed by atoms with Gasteiger partial charge in [-0.15, -0.1) is 11.3 Å². The number of pyridine rings is 2. The first kappa shape index (κ1) is 22.7. The number of aryl methyl sites for hydroxylation is 1. The van der Waals surface area contributed by atoms with Crippen molar-refractivity contribution in [2.75, 3.05) is 24.6 Å². The molecule has 5 heterocycles. The Hall–Kier alpha value is -3.11. The molecule has 0 bridgehead atoms. The van der Waals surface area contributed by atoms with Crippen molar-refractivity contribution in [2.24, 2.45) is 5.92 Å². The molecule has 1 N–H and O–H groups in total. The first-order valence-corrected chi connectivity index (χ1v) is 12.4. The average Bonchev–Trinajstić information content (AvgIpc) is 3.32. The van der Waals surface area contributed by atoms with Crippen LogP contribution in [-0.2, 0) is 9.53 Å². The molecule has 2 fully saturated rings. The number of carboxylic acid groups (broad SMARTS) is 1. The molecule has 0 aliphatic carbocycles. The van der Waals surface area contributed by atoms with Crippen LogP contribution in [0, 0.1) is 12.8 Å². The van der Waals surface area contributed by atoms with Crippen LogP contribution in [0.3, 0.4) is 0 Å². The van der Waals surface area contributed by atoms with Gasteiger partial charge >= 0.3 is 5.97 Å². The highest BCUT2D eigenvalue weighted by Gasteiger charge is 2.34. The van der Waals surface area contributed by atoms with Crippen molar-refractivity contribution in [1.82, 2.24) is 14.5 Å². The second-order valence-corrected chi connectivity index (χ2v) is 9.83. The number of aromatic nitrogens is 3. The van der Waals surface area contributed by atoms with Crippen LogP contribution >= 0.6 is 11.3 Å². The Morgan fingerprint density at radius 1 is 1.29 bits per heavy atom. The zero-order valence-corrected chi connectivity index (χ0v) is 19.7. The highest BCUT2D eigenvalue weighted by molar-refractivity contribution is 7.12. The molecule has 0 spiro atoms. The quantitative estimate of drug-likeness (QED) is 0.546. The largest absolute Gasteiger partial charge is 0.477 e. The standard InChI is InChI=1S/C24H26N4O5S/c1-14-10-19(27-11-15(12-27)18(29)6-5-16-4-2-3-8-33-16)26-22-20(14)21(30)17(23(31)32)13-28(22)24-25-7-9-34-24/h7,9-10,13,15-16H,2-6,8,11-12H2,1H3,(H,31,32). The van der Waals surface area contributed by atoms with E-state index >= 15 is 0 Å². The van der Waals surface area contributed by atoms with Gasteiger partial charge in [-0.3, -0.25) is 14.2 Å². The number of hydrogen-bond acceptors (Lipinski definition) is 8. The van der Waals surface area contributed by atoms with Crippen LogP contribution in [0.15, 0.2) is 28.6 Å². The van der Waals surface area contributed by atoms with E-state index in [4.69, 9.17) is 9.72 Å². The van der Waals surface area contributed by atoms with Gasteiger partial charge in [-0.25, -0.2) is 14.8 Å². The summed E-state index contributed by atoms with van der Waals surface area (Å²) in [6.45, 7) is 3.73. The summed E-state index contributed by atoms with van der Waals surface area (Å²) < 4.78 is 7.30. The number of anilines is 1. The Morgan fingerprint density at radius 2 is 2.12 bits per heavy atom. The highest BCUT2D eigenvalue weighted by atomic mass is 32.1. The number of fused-ring (bicyclic) bond motifs is 1. The van der Waals surface area contributed by atoms with Crippen molar-refractivity contribution >= 4 is 39.9 Å². The molecule has 2 saturated heterocycles. The number of Topliss-reactive ketones (excluding diaryl/α,β-unsaturated/α-hetero) is 1. The number of carboxylic acids is 1. The van der Waals surface area contributed by atoms with Gasteiger partial charge in [-0.2, -0.15) is 0 Å². The third-order valence-corrected chi connectivity index (χ3v) is 7.42. The van der Waals surface area contributed by atoms with Crippen molar-refractivity contribution in [3.05, 3.63) is 45.2 Å². The van der Waals surface area contributed by atoms with Gasteiger partial charge < -0.3 is 14.7 Å². The highest BCUT2D eigenvalue weighted by Crippen LogP contribution is 2.29. The minimum atomic E-state index is -1.29. The van der Waals surface area contributed by atoms with E-state index in [1.165, 1.54) is 24.0 Å². The van der Waals surface area contributed by atoms with Crippen LogP contribution in [0.5, 0.6) is 0 Å². The smallest absolute Gasteiger partial charge is 0.341 e. The summed E-state index contributed by atoms with van der Waals surface area (Å²) in [4.78, 5) is 48.3. The fourth-order valence-corrected chi connectivity index (χ4v) is 5.30. The Balaban J connectivity index is 1.38. The summed E-state index contributed by atoms with van der Waals surface area (Å²) in [7, 11) is 0. The summed E-state index contributed by atoms with van der Waals surface area (Å²) in [6.07, 6.45) is 7.75. The van der Waals surface area contributed by atoms with E-state index in [2.05, 4.69) is 4.98 Å². The van der Waals surface area contributed by atoms with E-state index in [1.807, 2.05) is 4.90 Å². The van der Waals surface area contributed by atoms with Crippen LogP contribution in [-0.4, -0.2) is 57.2 Å². The SMILES string of the molecule is Cc1cc(N2CC(C(=O)CCC3CCCCO3)C2)nc2c1c(=O)c(C(=O)O)cn2-c1nccs1. The van der Waals surface area contributed by atoms with Gasteiger partial charge in [0.1, 0.15) is 17.2 Å². The second kappa shape index (κ2) is 9.27. The fraction of sp³-hybridized carbons (Fsp3) is 0.458. The Kier molecular flexibility index (Phi) is 6.18. The van der Waals surface area contributed by atoms with Crippen molar-refractivity contribution < 1.29 is 19.4 Å². The lowest BCUT2D eigenvalue weighted by molar-refractivity contribution is -0.124. The van der Waals surface area contributed by atoms with Crippen molar-refractivity contribution in [3.8, 4) is 5.13 Å². The lowest BCUT2D eigenvalue weighted by Gasteiger charge is -2.39. The minimum Gasteiger partial charge on any atom is -0.477 e. The van der Waals surface area contributed by atoms with Crippen molar-refractivity contribution in [3.63, 3.8) is 0 Å². The summed E-state index contributed by atoms with van der Waals surface area (Å²) in [5, 5.41) is 12.1. The number of nitrogens with zero attached hydrogens (tertiary/aromatic N) is 4. The predicted molar refractivity (Wildman–Crippen MR) is 128 cm³/mol. The van der Waals surface area contributed by atoms with Crippen LogP contribution in [0.2, 0.25) is 0 Å². The van der Waals surface area contributed by atoms with Gasteiger partial charge in [0, 0.05) is 43.9 Å². The molecule has 0 aromatic carbocycles. The number of hydrogen-bond donors (Lipinski definition) is 1. The van der Waals surface area contributed by atoms with E-state index in [-0.39, 0.29) is 28.8 Å². The topological polar surface area (TPSA) is 115 Å². The van der Waals surface area contributed by atoms with Crippen molar-refractivity contribution in [2.45, 2.75) is 45.1 Å². The van der Waals surface area contributed by atoms with E-state index in [9.17, 15) is 19.5 Å². The van der Waals surface area contributed by atoms with Gasteiger partial charge in [0.25, 0.3) is 0 Å². The first-order valence-electron chi connectivity index (χ1n) is 11.5. The Labute approximate surface area is 200 Å². The third-order valence-electron chi connectivity index (χ3n) is 6.65. The molecule has 0 radical (unpaired) electrons. The lowest BCUT2D eigenvalue weighted by atomic mass is 9.90. The maximum absolute atomic E-state index is 12.9. The minimum absolute atomic E-state index is 0.0306. The maximum atomic E-state index is 12.9. The molecular formula is C24H26N4O5S. The average molecular weight is 483 g/mol. The molecule has 2 aliphatic heterocycles. The number of carbonyl (C=O) groups is 2. The molecule has 5 rings (SSSR count). The van der Waals surface area contributed by atoms with Gasteiger partial charge in [-0.1, -0.05) is 0 Å². The zero-order chi connectivity index (χ0) is 23.8. The second-order valence-electron chi connectivity index (χ2n) is 8.95. The van der Waals surface area contributed by atoms with Gasteiger partial charge in [0.2, 0.25) is 5.43 Å². The van der Waals surface area contributed by atoms with E-state index in [1.54, 1.807) is 29.1 Å². The summed E-state index contributed by atoms with van der Waals surface area (Å²) >= 11 is 1.33. The molecular weight excluding hydrogens is 456 g/mol. The first-order chi connectivity index (χ1) is 16.4. The molecule has 9 nitrogen and oxygen atoms in total. The van der Waals surface area contributed by atoms with Crippen LogP contribution < -0.4 is 10.3 Å². The molecule has 34 heavy (non-hydrogen) atoms. The lowest BCUT2D eigenvalue weighted by Crippen LogP contribution is -2.51. The van der Waals surface area contributed by atoms with E-state index in [0.29, 0.717) is 41.7 Å². The molecule has 178 valence electrons. The zero-order valence-electron chi connectivity index (χ0n) is 18.9. The van der Waals surface area contributed by atoms with Crippen LogP contribution in [0.25, 0.3) is 16.2 Å². The van der Waals surface area contributed by atoms with E-state index < -0.39 is 11.4 Å². The molecule has 10 heteroatoms. The number of ether oxygens (including phenoxy) is 1. The maximum Gasteiger partial charge on any atom is 0.341 e. The van der Waals surface area contributed by atoms with Gasteiger partial charge in [-0.05, 0) is 44.2 Å². The fourth-order valence-electron chi connectivity index (χ4n) is 4.68. The predicted octanol–water partition coefficient (Wildman–Crippen LogP) is 3.20. The molecule has 1 atom stereocenters. The number of carbonyl (C=O) groups excluding carboxylic acids is 1. The number of thiazole rings is 1. The van der Waals surface area contributed by atoms with E-state index in [0.717, 1.165) is 25.9 Å². The Bertz CT molecular complexity index is 1290. The Morgan fingerprint density at radius 3 is 2.79 bits per heavy atom. The summed E-state index contributed by atoms with van der Waals surface area (Å²) in [5.41, 5.74) is 0.122. The van der Waals surface area contributed by atoms with Crippen molar-refractivity contribution in [1.29, 1.82) is 0 Å². The number of aromatic carboxylic acids is 1. The molecule has 0 amide bonds. The molecule has 1 unspecified atom stereocenters. The number of rotatable bonds is 7. The monoisotopic (exact) mass is 482 g/mol. The third kappa shape index (κ3) is 4.23. The van der Waals surface area contributed by atoms with Crippen LogP contribution in [0.4, 0.5) is 5.82 Å². The van der Waals surface area contributed by atoms with Crippen LogP contribution in [0.1, 0.15) is 48.0 Å². The van der Waals surface area contributed by atoms with Gasteiger partial charge in [0.15, 0.2) is 10.8 Å².